The molecule has 3 aliphatic rings. The SMILES string of the molecule is COc1ccc(-c2c(C3CCCCC3)c3ccc(C(=O)NS(=O)(=O)N(C)C)cc3n2CC(C)(C)C(=O)N2C[C@H]3CN(Cc4ccccc4)C[C@H]3C2)c(C)c1. The fourth-order valence-electron chi connectivity index (χ4n) is 9.19. The molecule has 3 heterocycles. The molecule has 288 valence electrons. The minimum atomic E-state index is -4.00. The first-order chi connectivity index (χ1) is 25.8. The van der Waals surface area contributed by atoms with Crippen LogP contribution in [-0.4, -0.2) is 86.3 Å². The number of amides is 2. The van der Waals surface area contributed by atoms with Gasteiger partial charge >= 0.3 is 10.2 Å². The van der Waals surface area contributed by atoms with Gasteiger partial charge in [0.15, 0.2) is 0 Å². The number of ether oxygens (including phenoxy) is 1. The molecule has 0 unspecified atom stereocenters. The Morgan fingerprint density at radius 1 is 0.907 bits per heavy atom. The van der Waals surface area contributed by atoms with E-state index in [4.69, 9.17) is 4.74 Å². The zero-order valence-electron chi connectivity index (χ0n) is 32.6. The summed E-state index contributed by atoms with van der Waals surface area (Å²) in [5, 5.41) is 1.04. The van der Waals surface area contributed by atoms with Crippen molar-refractivity contribution < 1.29 is 22.7 Å². The average molecular weight is 754 g/mol. The third-order valence-corrected chi connectivity index (χ3v) is 13.4. The molecule has 7 rings (SSSR count). The van der Waals surface area contributed by atoms with E-state index in [9.17, 15) is 18.0 Å². The van der Waals surface area contributed by atoms with Gasteiger partial charge in [0, 0.05) is 75.4 Å². The minimum absolute atomic E-state index is 0.135. The second kappa shape index (κ2) is 15.2. The number of methoxy groups -OCH3 is 1. The van der Waals surface area contributed by atoms with Crippen LogP contribution in [0.15, 0.2) is 66.7 Å². The summed E-state index contributed by atoms with van der Waals surface area (Å²) in [6.45, 7) is 11.0. The van der Waals surface area contributed by atoms with Crippen LogP contribution in [0.2, 0.25) is 0 Å². The molecule has 4 aromatic rings. The van der Waals surface area contributed by atoms with E-state index in [1.54, 1.807) is 13.2 Å². The lowest BCUT2D eigenvalue weighted by Crippen LogP contribution is -2.43. The molecule has 10 nitrogen and oxygen atoms in total. The molecule has 3 aromatic carbocycles. The van der Waals surface area contributed by atoms with Crippen molar-refractivity contribution in [2.24, 2.45) is 17.3 Å². The molecule has 1 saturated carbocycles. The van der Waals surface area contributed by atoms with E-state index in [0.717, 1.165) is 96.2 Å². The molecular weight excluding hydrogens is 699 g/mol. The number of carbonyl (C=O) groups is 2. The first-order valence-corrected chi connectivity index (χ1v) is 20.8. The molecule has 2 atom stereocenters. The zero-order chi connectivity index (χ0) is 38.4. The monoisotopic (exact) mass is 753 g/mol. The quantitative estimate of drug-likeness (QED) is 0.180. The van der Waals surface area contributed by atoms with Crippen LogP contribution >= 0.6 is 0 Å². The number of fused-ring (bicyclic) bond motifs is 2. The number of likely N-dealkylation sites (tertiary alicyclic amines) is 2. The maximum atomic E-state index is 14.7. The molecule has 1 aliphatic carbocycles. The molecule has 3 fully saturated rings. The van der Waals surface area contributed by atoms with Gasteiger partial charge in [0.05, 0.1) is 18.2 Å². The first kappa shape index (κ1) is 38.1. The summed E-state index contributed by atoms with van der Waals surface area (Å²) in [6, 6.07) is 22.3. The van der Waals surface area contributed by atoms with E-state index < -0.39 is 21.5 Å². The standard InChI is InChI=1S/C43H55N5O5S/c1-29-21-35(53-6)18-20-36(29)40-39(31-15-11-8-12-16-31)37-19-17-32(41(49)44-54(51,52)45(4)5)22-38(37)48(40)28-43(2,3)42(50)47-26-33-24-46(25-34(33)27-47)23-30-13-9-7-10-14-30/h7,9-10,13-14,17-22,31,33-34H,8,11-12,15-16,23-28H2,1-6H3,(H,44,49)/t33-,34+. The highest BCUT2D eigenvalue weighted by Gasteiger charge is 2.45. The second-order valence-corrected chi connectivity index (χ2v) is 18.5. The van der Waals surface area contributed by atoms with Crippen LogP contribution < -0.4 is 9.46 Å². The van der Waals surface area contributed by atoms with Crippen molar-refractivity contribution in [3.8, 4) is 17.0 Å². The van der Waals surface area contributed by atoms with Gasteiger partial charge in [0.25, 0.3) is 5.91 Å². The Kier molecular flexibility index (Phi) is 10.7. The highest BCUT2D eigenvalue weighted by molar-refractivity contribution is 7.87. The Bertz CT molecular complexity index is 2120. The van der Waals surface area contributed by atoms with Crippen molar-refractivity contribution in [3.63, 3.8) is 0 Å². The zero-order valence-corrected chi connectivity index (χ0v) is 33.4. The Morgan fingerprint density at radius 2 is 1.59 bits per heavy atom. The number of rotatable bonds is 11. The Morgan fingerprint density at radius 3 is 2.22 bits per heavy atom. The van der Waals surface area contributed by atoms with Crippen molar-refractivity contribution in [1.82, 2.24) is 23.4 Å². The van der Waals surface area contributed by atoms with Crippen LogP contribution in [0.4, 0.5) is 0 Å². The van der Waals surface area contributed by atoms with Crippen LogP contribution in [0.25, 0.3) is 22.2 Å². The first-order valence-electron chi connectivity index (χ1n) is 19.4. The number of nitrogens with one attached hydrogen (secondary N) is 1. The predicted octanol–water partition coefficient (Wildman–Crippen LogP) is 6.83. The third kappa shape index (κ3) is 7.55. The van der Waals surface area contributed by atoms with Gasteiger partial charge in [-0.1, -0.05) is 55.7 Å². The van der Waals surface area contributed by atoms with Gasteiger partial charge in [-0.15, -0.1) is 0 Å². The Hall–Kier alpha value is -4.19. The van der Waals surface area contributed by atoms with E-state index >= 15 is 0 Å². The van der Waals surface area contributed by atoms with Crippen LogP contribution in [0.1, 0.15) is 78.9 Å². The summed E-state index contributed by atoms with van der Waals surface area (Å²) in [4.78, 5) is 32.8. The maximum absolute atomic E-state index is 14.7. The molecule has 54 heavy (non-hydrogen) atoms. The van der Waals surface area contributed by atoms with Crippen molar-refractivity contribution in [2.75, 3.05) is 47.4 Å². The molecule has 2 amide bonds. The van der Waals surface area contributed by atoms with Gasteiger partial charge in [-0.05, 0) is 98.4 Å². The summed E-state index contributed by atoms with van der Waals surface area (Å²) in [6.07, 6.45) is 5.62. The Balaban J connectivity index is 1.27. The summed E-state index contributed by atoms with van der Waals surface area (Å²) in [7, 11) is 0.444. The smallest absolute Gasteiger partial charge is 0.303 e. The predicted molar refractivity (Wildman–Crippen MR) is 214 cm³/mol. The summed E-state index contributed by atoms with van der Waals surface area (Å²) in [5.74, 6) is 1.43. The largest absolute Gasteiger partial charge is 0.497 e. The molecule has 11 heteroatoms. The normalized spacial score (nSPS) is 19.8. The van der Waals surface area contributed by atoms with Gasteiger partial charge in [0.1, 0.15) is 5.75 Å². The van der Waals surface area contributed by atoms with Crippen LogP contribution in [0, 0.1) is 24.2 Å². The molecule has 2 aliphatic heterocycles. The molecule has 0 bridgehead atoms. The second-order valence-electron chi connectivity index (χ2n) is 16.6. The van der Waals surface area contributed by atoms with E-state index in [1.807, 2.05) is 38.1 Å². The number of hydrogen-bond donors (Lipinski definition) is 1. The number of benzene rings is 3. The number of aromatic nitrogens is 1. The van der Waals surface area contributed by atoms with Crippen LogP contribution in [-0.2, 0) is 28.1 Å². The molecule has 0 radical (unpaired) electrons. The fourth-order valence-corrected chi connectivity index (χ4v) is 9.73. The van der Waals surface area contributed by atoms with Crippen molar-refractivity contribution in [1.29, 1.82) is 0 Å². The maximum Gasteiger partial charge on any atom is 0.303 e. The number of aryl methyl sites for hydroxylation is 1. The van der Waals surface area contributed by atoms with E-state index in [2.05, 4.69) is 62.4 Å². The molecular formula is C43H55N5O5S. The third-order valence-electron chi connectivity index (χ3n) is 12.0. The van der Waals surface area contributed by atoms with Gasteiger partial charge < -0.3 is 14.2 Å². The van der Waals surface area contributed by atoms with Crippen molar-refractivity contribution >= 4 is 32.9 Å². The van der Waals surface area contributed by atoms with E-state index in [1.165, 1.54) is 31.6 Å². The average Bonchev–Trinajstić information content (AvgIpc) is 3.81. The minimum Gasteiger partial charge on any atom is -0.497 e. The number of hydrogen-bond acceptors (Lipinski definition) is 6. The lowest BCUT2D eigenvalue weighted by atomic mass is 9.81. The summed E-state index contributed by atoms with van der Waals surface area (Å²) in [5.41, 5.74) is 6.03. The van der Waals surface area contributed by atoms with Gasteiger partial charge in [-0.3, -0.25) is 14.5 Å². The molecule has 0 spiro atoms. The van der Waals surface area contributed by atoms with Crippen LogP contribution in [0.3, 0.4) is 0 Å². The van der Waals surface area contributed by atoms with E-state index in [-0.39, 0.29) is 11.5 Å². The van der Waals surface area contributed by atoms with Crippen molar-refractivity contribution in [2.45, 2.75) is 71.9 Å². The lowest BCUT2D eigenvalue weighted by Gasteiger charge is -2.32. The number of nitrogens with zero attached hydrogens (tertiary/aromatic N) is 4. The highest BCUT2D eigenvalue weighted by Crippen LogP contribution is 2.46. The lowest BCUT2D eigenvalue weighted by molar-refractivity contribution is -0.140. The van der Waals surface area contributed by atoms with Crippen molar-refractivity contribution in [3.05, 3.63) is 89.0 Å². The van der Waals surface area contributed by atoms with Gasteiger partial charge in [-0.25, -0.2) is 4.72 Å². The molecule has 2 saturated heterocycles. The van der Waals surface area contributed by atoms with Gasteiger partial charge in [-0.2, -0.15) is 12.7 Å². The van der Waals surface area contributed by atoms with E-state index in [0.29, 0.717) is 24.3 Å². The topological polar surface area (TPSA) is 104 Å². The van der Waals surface area contributed by atoms with Gasteiger partial charge in [0.2, 0.25) is 5.91 Å². The molecule has 1 N–H and O–H groups in total. The Labute approximate surface area is 320 Å². The summed E-state index contributed by atoms with van der Waals surface area (Å²) >= 11 is 0. The highest BCUT2D eigenvalue weighted by atomic mass is 32.2. The fraction of sp³-hybridized carbons (Fsp3) is 0.488. The number of carbonyl (C=O) groups excluding carboxylic acids is 2. The molecule has 1 aromatic heterocycles. The summed E-state index contributed by atoms with van der Waals surface area (Å²) < 4.78 is 36.4. The van der Waals surface area contributed by atoms with Crippen LogP contribution in [0.5, 0.6) is 5.75 Å².